The molecule has 0 aliphatic heterocycles. The third-order valence-corrected chi connectivity index (χ3v) is 2.10. The van der Waals surface area contributed by atoms with Crippen molar-refractivity contribution in [2.45, 2.75) is 13.3 Å². The number of aromatic amines is 1. The summed E-state index contributed by atoms with van der Waals surface area (Å²) in [5, 5.41) is 1.34. The lowest BCUT2D eigenvalue weighted by atomic mass is 10.1. The van der Waals surface area contributed by atoms with Crippen LogP contribution < -0.4 is 0 Å². The Morgan fingerprint density at radius 1 is 1.33 bits per heavy atom. The molecule has 12 heavy (non-hydrogen) atoms. The Morgan fingerprint density at radius 2 is 2.17 bits per heavy atom. The van der Waals surface area contributed by atoms with Crippen LogP contribution in [-0.2, 0) is 6.42 Å². The molecule has 1 nitrogen and oxygen atoms in total. The lowest BCUT2D eigenvalue weighted by Crippen LogP contribution is -1.78. The molecular formula is C11H12N. The van der Waals surface area contributed by atoms with Crippen molar-refractivity contribution in [2.24, 2.45) is 0 Å². The maximum absolute atomic E-state index is 3.25. The van der Waals surface area contributed by atoms with Crippen molar-refractivity contribution >= 4 is 10.9 Å². The number of fused-ring (bicyclic) bond motifs is 1. The minimum absolute atomic E-state index is 1.05. The van der Waals surface area contributed by atoms with Crippen molar-refractivity contribution < 1.29 is 0 Å². The van der Waals surface area contributed by atoms with E-state index in [2.05, 4.69) is 48.8 Å². The Kier molecular flexibility index (Phi) is 1.86. The summed E-state index contributed by atoms with van der Waals surface area (Å²) in [5.74, 6) is 0. The largest absolute Gasteiger partial charge is 0.361 e. The zero-order valence-electron chi connectivity index (χ0n) is 7.17. The van der Waals surface area contributed by atoms with Crippen molar-refractivity contribution in [2.75, 3.05) is 0 Å². The Bertz CT molecular complexity index is 373. The van der Waals surface area contributed by atoms with Gasteiger partial charge in [0.25, 0.3) is 0 Å². The van der Waals surface area contributed by atoms with Crippen LogP contribution >= 0.6 is 0 Å². The zero-order valence-corrected chi connectivity index (χ0v) is 7.17. The summed E-state index contributed by atoms with van der Waals surface area (Å²) < 4.78 is 0. The molecule has 0 spiro atoms. The number of nitrogens with one attached hydrogen (secondary N) is 1. The van der Waals surface area contributed by atoms with Gasteiger partial charge in [-0.3, -0.25) is 0 Å². The van der Waals surface area contributed by atoms with Gasteiger partial charge in [-0.1, -0.05) is 25.1 Å². The molecule has 0 saturated carbocycles. The number of rotatable bonds is 2. The second kappa shape index (κ2) is 3.02. The van der Waals surface area contributed by atoms with Gasteiger partial charge < -0.3 is 4.98 Å². The van der Waals surface area contributed by atoms with Gasteiger partial charge in [0.1, 0.15) is 0 Å². The standard InChI is InChI=1S/C11H12N/c1-2-5-9-8-12-11-7-4-3-6-10(9)11/h2-4,6-8,12H,5H2,1H3. The first-order valence-corrected chi connectivity index (χ1v) is 4.24. The van der Waals surface area contributed by atoms with Gasteiger partial charge in [-0.25, -0.2) is 0 Å². The van der Waals surface area contributed by atoms with E-state index in [9.17, 15) is 0 Å². The van der Waals surface area contributed by atoms with E-state index in [1.54, 1.807) is 0 Å². The normalized spacial score (nSPS) is 10.8. The number of hydrogen-bond donors (Lipinski definition) is 1. The fourth-order valence-electron chi connectivity index (χ4n) is 1.52. The van der Waals surface area contributed by atoms with Gasteiger partial charge in [-0.05, 0) is 24.5 Å². The molecule has 0 unspecified atom stereocenters. The molecule has 1 heteroatoms. The average molecular weight is 158 g/mol. The van der Waals surface area contributed by atoms with Crippen LogP contribution in [0.4, 0.5) is 0 Å². The third kappa shape index (κ3) is 1.11. The van der Waals surface area contributed by atoms with Gasteiger partial charge in [0.15, 0.2) is 0 Å². The third-order valence-electron chi connectivity index (χ3n) is 2.10. The highest BCUT2D eigenvalue weighted by molar-refractivity contribution is 5.83. The van der Waals surface area contributed by atoms with Gasteiger partial charge in [0, 0.05) is 17.1 Å². The van der Waals surface area contributed by atoms with E-state index in [1.165, 1.54) is 16.5 Å². The second-order valence-electron chi connectivity index (χ2n) is 2.97. The Balaban J connectivity index is 2.55. The van der Waals surface area contributed by atoms with Crippen LogP contribution in [-0.4, -0.2) is 4.98 Å². The SMILES string of the molecule is C[CH]Cc1c[nH]c2ccccc12. The van der Waals surface area contributed by atoms with E-state index < -0.39 is 0 Å². The maximum Gasteiger partial charge on any atom is 0.0456 e. The molecule has 0 saturated heterocycles. The van der Waals surface area contributed by atoms with E-state index in [1.807, 2.05) is 0 Å². The lowest BCUT2D eigenvalue weighted by Gasteiger charge is -1.93. The summed E-state index contributed by atoms with van der Waals surface area (Å²) in [4.78, 5) is 3.25. The topological polar surface area (TPSA) is 15.8 Å². The molecule has 1 N–H and O–H groups in total. The number of H-pyrrole nitrogens is 1. The first-order valence-electron chi connectivity index (χ1n) is 4.24. The van der Waals surface area contributed by atoms with Crippen LogP contribution in [0.3, 0.4) is 0 Å². The van der Waals surface area contributed by atoms with E-state index >= 15 is 0 Å². The van der Waals surface area contributed by atoms with Crippen molar-refractivity contribution in [3.63, 3.8) is 0 Å². The van der Waals surface area contributed by atoms with Crippen LogP contribution in [0.5, 0.6) is 0 Å². The first kappa shape index (κ1) is 7.41. The Labute approximate surface area is 72.4 Å². The predicted molar refractivity (Wildman–Crippen MR) is 52.0 cm³/mol. The van der Waals surface area contributed by atoms with Crippen LogP contribution in [0.1, 0.15) is 12.5 Å². The molecule has 0 aliphatic rings. The van der Waals surface area contributed by atoms with Gasteiger partial charge in [0.05, 0.1) is 0 Å². The van der Waals surface area contributed by atoms with E-state index in [0.717, 1.165) is 6.42 Å². The molecule has 1 aromatic carbocycles. The van der Waals surface area contributed by atoms with E-state index in [-0.39, 0.29) is 0 Å². The molecule has 0 bridgehead atoms. The first-order chi connectivity index (χ1) is 5.92. The quantitative estimate of drug-likeness (QED) is 0.691. The van der Waals surface area contributed by atoms with Crippen molar-refractivity contribution in [1.82, 2.24) is 4.98 Å². The monoisotopic (exact) mass is 158 g/mol. The summed E-state index contributed by atoms with van der Waals surface area (Å²) in [7, 11) is 0. The molecule has 2 rings (SSSR count). The van der Waals surface area contributed by atoms with Crippen molar-refractivity contribution in [3.8, 4) is 0 Å². The van der Waals surface area contributed by atoms with Gasteiger partial charge in [0.2, 0.25) is 0 Å². The fraction of sp³-hybridized carbons (Fsp3) is 0.182. The molecule has 0 amide bonds. The highest BCUT2D eigenvalue weighted by atomic mass is 14.7. The number of benzene rings is 1. The van der Waals surface area contributed by atoms with Crippen LogP contribution in [0.2, 0.25) is 0 Å². The Morgan fingerprint density at radius 3 is 3.00 bits per heavy atom. The van der Waals surface area contributed by atoms with Gasteiger partial charge >= 0.3 is 0 Å². The molecular weight excluding hydrogens is 146 g/mol. The summed E-state index contributed by atoms with van der Waals surface area (Å²) in [5.41, 5.74) is 2.61. The van der Waals surface area contributed by atoms with Crippen LogP contribution in [0, 0.1) is 6.42 Å². The van der Waals surface area contributed by atoms with Gasteiger partial charge in [-0.15, -0.1) is 0 Å². The second-order valence-corrected chi connectivity index (χ2v) is 2.97. The predicted octanol–water partition coefficient (Wildman–Crippen LogP) is 2.93. The van der Waals surface area contributed by atoms with Crippen LogP contribution in [0.15, 0.2) is 30.5 Å². The number of aromatic nitrogens is 1. The average Bonchev–Trinajstić information content (AvgIpc) is 2.50. The minimum Gasteiger partial charge on any atom is -0.361 e. The lowest BCUT2D eigenvalue weighted by molar-refractivity contribution is 1.15. The maximum atomic E-state index is 3.25. The van der Waals surface area contributed by atoms with Crippen molar-refractivity contribution in [1.29, 1.82) is 0 Å². The molecule has 0 atom stereocenters. The zero-order chi connectivity index (χ0) is 8.39. The summed E-state index contributed by atoms with van der Waals surface area (Å²) in [6.07, 6.45) is 5.31. The van der Waals surface area contributed by atoms with E-state index in [0.29, 0.717) is 0 Å². The van der Waals surface area contributed by atoms with Gasteiger partial charge in [-0.2, -0.15) is 0 Å². The highest BCUT2D eigenvalue weighted by Crippen LogP contribution is 2.18. The molecule has 0 aliphatic carbocycles. The number of hydrogen-bond acceptors (Lipinski definition) is 0. The molecule has 61 valence electrons. The van der Waals surface area contributed by atoms with Crippen LogP contribution in [0.25, 0.3) is 10.9 Å². The van der Waals surface area contributed by atoms with E-state index in [4.69, 9.17) is 0 Å². The summed E-state index contributed by atoms with van der Waals surface area (Å²) >= 11 is 0. The molecule has 0 fully saturated rings. The molecule has 1 heterocycles. The van der Waals surface area contributed by atoms with Crippen molar-refractivity contribution in [3.05, 3.63) is 42.4 Å². The molecule has 1 radical (unpaired) electrons. The smallest absolute Gasteiger partial charge is 0.0456 e. The molecule has 1 aromatic heterocycles. The highest BCUT2D eigenvalue weighted by Gasteiger charge is 1.99. The minimum atomic E-state index is 1.05. The fourth-order valence-corrected chi connectivity index (χ4v) is 1.52. The summed E-state index contributed by atoms with van der Waals surface area (Å²) in [6.45, 7) is 2.09. The molecule has 2 aromatic rings. The Hall–Kier alpha value is -1.24. The number of para-hydroxylation sites is 1. The summed E-state index contributed by atoms with van der Waals surface area (Å²) in [6, 6.07) is 8.40.